The van der Waals surface area contributed by atoms with Gasteiger partial charge in [0.05, 0.1) is 0 Å². The van der Waals surface area contributed by atoms with Crippen molar-refractivity contribution in [3.63, 3.8) is 0 Å². The number of phenolic OH excluding ortho intramolecular Hbond substituents is 1. The van der Waals surface area contributed by atoms with E-state index in [2.05, 4.69) is 5.32 Å². The van der Waals surface area contributed by atoms with Gasteiger partial charge in [-0.3, -0.25) is 4.79 Å². The molecule has 2 aromatic carbocycles. The number of rotatable bonds is 3. The number of phenols is 1. The van der Waals surface area contributed by atoms with E-state index < -0.39 is 5.91 Å². The summed E-state index contributed by atoms with van der Waals surface area (Å²) in [7, 11) is 0. The average Bonchev–Trinajstić information content (AvgIpc) is 2.58. The number of aromatic hydroxyl groups is 1. The summed E-state index contributed by atoms with van der Waals surface area (Å²) in [5.74, 6) is -0.240. The third-order valence-electron chi connectivity index (χ3n) is 4.20. The second kappa shape index (κ2) is 6.67. The van der Waals surface area contributed by atoms with Crippen LogP contribution in [0, 0.1) is 0 Å². The fraction of sp³-hybridized carbons (Fsp3) is 0.211. The number of hydrogen-bond acceptors (Lipinski definition) is 3. The minimum absolute atomic E-state index is 0.216. The summed E-state index contributed by atoms with van der Waals surface area (Å²) in [4.78, 5) is 11.9. The van der Waals surface area contributed by atoms with Crippen molar-refractivity contribution in [1.29, 1.82) is 0 Å². The lowest BCUT2D eigenvalue weighted by molar-refractivity contribution is 0.1000. The Morgan fingerprint density at radius 3 is 2.09 bits per heavy atom. The molecule has 4 heteroatoms. The van der Waals surface area contributed by atoms with E-state index in [1.165, 1.54) is 5.57 Å². The van der Waals surface area contributed by atoms with Crippen molar-refractivity contribution in [1.82, 2.24) is 5.32 Å². The van der Waals surface area contributed by atoms with E-state index in [9.17, 15) is 9.90 Å². The molecule has 1 fully saturated rings. The topological polar surface area (TPSA) is 75.4 Å². The number of benzene rings is 2. The molecule has 23 heavy (non-hydrogen) atoms. The predicted octanol–water partition coefficient (Wildman–Crippen LogP) is 2.68. The monoisotopic (exact) mass is 308 g/mol. The smallest absolute Gasteiger partial charge is 0.249 e. The van der Waals surface area contributed by atoms with Gasteiger partial charge in [0.25, 0.3) is 0 Å². The van der Waals surface area contributed by atoms with Gasteiger partial charge in [-0.25, -0.2) is 0 Å². The molecule has 1 amide bonds. The third kappa shape index (κ3) is 3.12. The lowest BCUT2D eigenvalue weighted by Crippen LogP contribution is -2.24. The molecule has 1 heterocycles. The zero-order chi connectivity index (χ0) is 16.2. The molecule has 1 aliphatic rings. The maximum atomic E-state index is 11.9. The molecule has 118 valence electrons. The summed E-state index contributed by atoms with van der Waals surface area (Å²) in [5, 5.41) is 13.7. The van der Waals surface area contributed by atoms with Crippen LogP contribution in [0.25, 0.3) is 5.57 Å². The van der Waals surface area contributed by atoms with Crippen LogP contribution < -0.4 is 11.1 Å². The van der Waals surface area contributed by atoms with Crippen LogP contribution in [0.2, 0.25) is 0 Å². The van der Waals surface area contributed by atoms with Crippen molar-refractivity contribution in [2.45, 2.75) is 12.8 Å². The van der Waals surface area contributed by atoms with Gasteiger partial charge in [0.15, 0.2) is 0 Å². The summed E-state index contributed by atoms with van der Waals surface area (Å²) < 4.78 is 0. The first-order chi connectivity index (χ1) is 11.2. The Hall–Kier alpha value is -2.59. The third-order valence-corrected chi connectivity index (χ3v) is 4.20. The number of carbonyl (C=O) groups is 1. The molecule has 0 atom stereocenters. The van der Waals surface area contributed by atoms with Crippen molar-refractivity contribution in [3.05, 3.63) is 70.8 Å². The molecule has 4 N–H and O–H groups in total. The maximum Gasteiger partial charge on any atom is 0.249 e. The number of primary amides is 1. The van der Waals surface area contributed by atoms with Crippen LogP contribution in [0.1, 0.15) is 34.3 Å². The summed E-state index contributed by atoms with van der Waals surface area (Å²) in [5.41, 5.74) is 9.75. The predicted molar refractivity (Wildman–Crippen MR) is 91.2 cm³/mol. The molecular formula is C19H20N2O2. The molecule has 1 saturated heterocycles. The number of carbonyl (C=O) groups excluding carboxylic acids is 1. The first-order valence-electron chi connectivity index (χ1n) is 7.79. The second-order valence-electron chi connectivity index (χ2n) is 5.66. The van der Waals surface area contributed by atoms with E-state index in [4.69, 9.17) is 5.73 Å². The van der Waals surface area contributed by atoms with Gasteiger partial charge in [-0.15, -0.1) is 0 Å². The van der Waals surface area contributed by atoms with Gasteiger partial charge in [0.1, 0.15) is 5.75 Å². The summed E-state index contributed by atoms with van der Waals surface area (Å²) in [6.45, 7) is 1.79. The van der Waals surface area contributed by atoms with E-state index in [1.807, 2.05) is 24.3 Å². The van der Waals surface area contributed by atoms with Crippen LogP contribution in [0.3, 0.4) is 0 Å². The Labute approximate surface area is 135 Å². The van der Waals surface area contributed by atoms with Gasteiger partial charge in [0, 0.05) is 11.1 Å². The number of piperidine rings is 1. The summed E-state index contributed by atoms with van der Waals surface area (Å²) >= 11 is 0. The van der Waals surface area contributed by atoms with Gasteiger partial charge in [-0.05, 0) is 49.2 Å². The molecule has 0 aliphatic carbocycles. The second-order valence-corrected chi connectivity index (χ2v) is 5.66. The van der Waals surface area contributed by atoms with E-state index in [0.717, 1.165) is 42.6 Å². The van der Waals surface area contributed by atoms with Crippen LogP contribution in [0.4, 0.5) is 0 Å². The summed E-state index contributed by atoms with van der Waals surface area (Å²) in [6.07, 6.45) is 1.77. The molecule has 1 aliphatic heterocycles. The highest BCUT2D eigenvalue weighted by Gasteiger charge is 2.20. The molecule has 4 nitrogen and oxygen atoms in total. The van der Waals surface area contributed by atoms with Crippen LogP contribution in [-0.2, 0) is 0 Å². The Kier molecular flexibility index (Phi) is 4.44. The van der Waals surface area contributed by atoms with Gasteiger partial charge in [-0.2, -0.15) is 0 Å². The summed E-state index contributed by atoms with van der Waals surface area (Å²) in [6, 6.07) is 14.6. The first kappa shape index (κ1) is 15.3. The zero-order valence-corrected chi connectivity index (χ0v) is 12.9. The molecule has 0 spiro atoms. The van der Waals surface area contributed by atoms with E-state index in [1.54, 1.807) is 24.3 Å². The first-order valence-corrected chi connectivity index (χ1v) is 7.79. The van der Waals surface area contributed by atoms with Crippen molar-refractivity contribution < 1.29 is 9.90 Å². The Bertz CT molecular complexity index is 757. The Balaban J connectivity index is 2.26. The average molecular weight is 308 g/mol. The van der Waals surface area contributed by atoms with Crippen LogP contribution >= 0.6 is 0 Å². The van der Waals surface area contributed by atoms with Crippen molar-refractivity contribution in [3.8, 4) is 5.75 Å². The highest BCUT2D eigenvalue weighted by atomic mass is 16.3. The molecule has 0 radical (unpaired) electrons. The molecule has 0 saturated carbocycles. The zero-order valence-electron chi connectivity index (χ0n) is 12.9. The van der Waals surface area contributed by atoms with E-state index in [0.29, 0.717) is 5.56 Å². The number of nitrogens with one attached hydrogen (secondary N) is 1. The number of hydrogen-bond donors (Lipinski definition) is 3. The molecule has 0 unspecified atom stereocenters. The number of amides is 1. The van der Waals surface area contributed by atoms with Crippen molar-refractivity contribution >= 4 is 11.5 Å². The fourth-order valence-electron chi connectivity index (χ4n) is 3.11. The van der Waals surface area contributed by atoms with Crippen molar-refractivity contribution in [2.75, 3.05) is 13.1 Å². The van der Waals surface area contributed by atoms with Gasteiger partial charge < -0.3 is 16.2 Å². The van der Waals surface area contributed by atoms with Crippen LogP contribution in [-0.4, -0.2) is 24.1 Å². The van der Waals surface area contributed by atoms with Gasteiger partial charge in [0.2, 0.25) is 5.91 Å². The lowest BCUT2D eigenvalue weighted by atomic mass is 9.86. The minimum Gasteiger partial charge on any atom is -0.507 e. The molecule has 2 aromatic rings. The Morgan fingerprint density at radius 1 is 0.913 bits per heavy atom. The molecule has 0 bridgehead atoms. The largest absolute Gasteiger partial charge is 0.507 e. The normalized spacial score (nSPS) is 14.5. The quantitative estimate of drug-likeness (QED) is 0.816. The highest BCUT2D eigenvalue weighted by Crippen LogP contribution is 2.36. The van der Waals surface area contributed by atoms with E-state index in [-0.39, 0.29) is 5.75 Å². The molecule has 3 rings (SSSR count). The van der Waals surface area contributed by atoms with Gasteiger partial charge in [-0.1, -0.05) is 42.0 Å². The fourth-order valence-corrected chi connectivity index (χ4v) is 3.11. The van der Waals surface area contributed by atoms with Gasteiger partial charge >= 0.3 is 0 Å². The van der Waals surface area contributed by atoms with Crippen LogP contribution in [0.15, 0.2) is 54.1 Å². The minimum atomic E-state index is -0.456. The Morgan fingerprint density at radius 2 is 1.48 bits per heavy atom. The van der Waals surface area contributed by atoms with E-state index >= 15 is 0 Å². The highest BCUT2D eigenvalue weighted by molar-refractivity contribution is 6.01. The SMILES string of the molecule is NC(=O)c1ccccc1C(=C1CCNCC1)c1ccccc1O. The van der Waals surface area contributed by atoms with Crippen LogP contribution in [0.5, 0.6) is 5.75 Å². The molecular weight excluding hydrogens is 288 g/mol. The van der Waals surface area contributed by atoms with Crippen molar-refractivity contribution in [2.24, 2.45) is 5.73 Å². The maximum absolute atomic E-state index is 11.9. The molecule has 0 aromatic heterocycles. The number of nitrogens with two attached hydrogens (primary N) is 1. The lowest BCUT2D eigenvalue weighted by Gasteiger charge is -2.22. The standard InChI is InChI=1S/C19H20N2O2/c20-19(23)15-6-2-1-5-14(15)18(13-9-11-21-12-10-13)16-7-3-4-8-17(16)22/h1-8,21-22H,9-12H2,(H2,20,23). The number of para-hydroxylation sites is 1.